The van der Waals surface area contributed by atoms with Crippen molar-refractivity contribution >= 4 is 11.4 Å². The van der Waals surface area contributed by atoms with E-state index in [9.17, 15) is 4.55 Å². The van der Waals surface area contributed by atoms with E-state index in [1.165, 1.54) is 19.3 Å². The van der Waals surface area contributed by atoms with Gasteiger partial charge < -0.3 is 4.55 Å². The fourth-order valence-electron chi connectivity index (χ4n) is 2.05. The molecule has 0 saturated heterocycles. The van der Waals surface area contributed by atoms with Gasteiger partial charge in [0.2, 0.25) is 0 Å². The summed E-state index contributed by atoms with van der Waals surface area (Å²) in [6.45, 7) is 5.83. The van der Waals surface area contributed by atoms with Gasteiger partial charge in [-0.25, -0.2) is 0 Å². The van der Waals surface area contributed by atoms with Gasteiger partial charge in [0.1, 0.15) is 5.25 Å². The molecule has 0 aromatic heterocycles. The summed E-state index contributed by atoms with van der Waals surface area (Å²) in [4.78, 5) is 0. The summed E-state index contributed by atoms with van der Waals surface area (Å²) in [6, 6.07) is 0. The lowest BCUT2D eigenvalue weighted by Crippen LogP contribution is -2.42. The fourth-order valence-corrected chi connectivity index (χ4v) is 3.27. The first kappa shape index (κ1) is 11.1. The van der Waals surface area contributed by atoms with E-state index >= 15 is 0 Å². The highest BCUT2D eigenvalue weighted by atomic mass is 32.2. The molecule has 1 aliphatic rings. The Morgan fingerprint density at radius 3 is 2.62 bits per heavy atom. The number of rotatable bonds is 5. The topological polar surface area (TPSA) is 49.1 Å². The van der Waals surface area contributed by atoms with Crippen molar-refractivity contribution in [3.63, 3.8) is 0 Å². The summed E-state index contributed by atoms with van der Waals surface area (Å²) in [5, 5.41) is 5.70. The SMILES string of the molecule is C=CC[C@H](C)C(C1CCC1)[S+](N)[O-]. The second kappa shape index (κ2) is 5.03. The van der Waals surface area contributed by atoms with Gasteiger partial charge in [0.05, 0.1) is 0 Å². The quantitative estimate of drug-likeness (QED) is 0.546. The lowest BCUT2D eigenvalue weighted by Gasteiger charge is -2.35. The molecule has 3 heteroatoms. The third kappa shape index (κ3) is 2.73. The summed E-state index contributed by atoms with van der Waals surface area (Å²) < 4.78 is 11.3. The Morgan fingerprint density at radius 1 is 1.69 bits per heavy atom. The normalized spacial score (nSPS) is 24.5. The molecule has 0 radical (unpaired) electrons. The summed E-state index contributed by atoms with van der Waals surface area (Å²) in [5.41, 5.74) is 0. The van der Waals surface area contributed by atoms with Crippen LogP contribution in [0.15, 0.2) is 12.7 Å². The summed E-state index contributed by atoms with van der Waals surface area (Å²) in [7, 11) is 0. The zero-order chi connectivity index (χ0) is 9.84. The largest absolute Gasteiger partial charge is 0.598 e. The van der Waals surface area contributed by atoms with Gasteiger partial charge in [-0.05, 0) is 19.3 Å². The Kier molecular flexibility index (Phi) is 4.29. The second-order valence-electron chi connectivity index (χ2n) is 3.99. The standard InChI is InChI=1S/C10H19NOS/c1-3-5-8(2)10(13(11)12)9-6-4-7-9/h3,8-10H,1,4-7,11H2,2H3/t8-,10?,13?/m0/s1. The van der Waals surface area contributed by atoms with E-state index in [0.29, 0.717) is 11.8 Å². The second-order valence-corrected chi connectivity index (χ2v) is 5.19. The molecule has 13 heavy (non-hydrogen) atoms. The predicted molar refractivity (Wildman–Crippen MR) is 57.4 cm³/mol. The van der Waals surface area contributed by atoms with E-state index in [1.807, 2.05) is 6.08 Å². The van der Waals surface area contributed by atoms with E-state index in [1.54, 1.807) is 0 Å². The average molecular weight is 201 g/mol. The Morgan fingerprint density at radius 2 is 2.31 bits per heavy atom. The highest BCUT2D eigenvalue weighted by molar-refractivity contribution is 7.89. The molecule has 0 aromatic rings. The summed E-state index contributed by atoms with van der Waals surface area (Å²) in [5.74, 6) is 1.01. The van der Waals surface area contributed by atoms with Crippen molar-refractivity contribution < 1.29 is 4.55 Å². The Hall–Kier alpha value is 0.01000. The van der Waals surface area contributed by atoms with Crippen LogP contribution in [-0.4, -0.2) is 9.80 Å². The zero-order valence-corrected chi connectivity index (χ0v) is 9.06. The van der Waals surface area contributed by atoms with Gasteiger partial charge in [0, 0.05) is 23.2 Å². The van der Waals surface area contributed by atoms with Gasteiger partial charge in [-0.15, -0.1) is 6.58 Å². The van der Waals surface area contributed by atoms with Crippen molar-refractivity contribution in [2.24, 2.45) is 17.0 Å². The van der Waals surface area contributed by atoms with E-state index in [0.717, 1.165) is 6.42 Å². The molecular weight excluding hydrogens is 182 g/mol. The number of hydrogen-bond acceptors (Lipinski definition) is 2. The molecule has 76 valence electrons. The minimum Gasteiger partial charge on any atom is -0.598 e. The minimum absolute atomic E-state index is 0.187. The molecule has 1 aliphatic carbocycles. The molecule has 0 bridgehead atoms. The zero-order valence-electron chi connectivity index (χ0n) is 8.24. The highest BCUT2D eigenvalue weighted by Gasteiger charge is 2.38. The van der Waals surface area contributed by atoms with Crippen molar-refractivity contribution in [1.82, 2.24) is 0 Å². The van der Waals surface area contributed by atoms with Crippen molar-refractivity contribution in [2.75, 3.05) is 0 Å². The summed E-state index contributed by atoms with van der Waals surface area (Å²) >= 11 is -1.16. The van der Waals surface area contributed by atoms with E-state index in [4.69, 9.17) is 5.14 Å². The summed E-state index contributed by atoms with van der Waals surface area (Å²) in [6.07, 6.45) is 6.50. The fraction of sp³-hybridized carbons (Fsp3) is 0.800. The lowest BCUT2D eigenvalue weighted by molar-refractivity contribution is 0.259. The lowest BCUT2D eigenvalue weighted by atomic mass is 9.78. The molecule has 0 amide bonds. The van der Waals surface area contributed by atoms with Gasteiger partial charge in [-0.1, -0.05) is 19.4 Å². The minimum atomic E-state index is -1.16. The van der Waals surface area contributed by atoms with E-state index < -0.39 is 11.4 Å². The monoisotopic (exact) mass is 201 g/mol. The van der Waals surface area contributed by atoms with Gasteiger partial charge in [0.15, 0.2) is 0 Å². The van der Waals surface area contributed by atoms with E-state index in [2.05, 4.69) is 13.5 Å². The molecule has 0 spiro atoms. The molecule has 0 aromatic carbocycles. The van der Waals surface area contributed by atoms with Gasteiger partial charge in [-0.3, -0.25) is 0 Å². The van der Waals surface area contributed by atoms with E-state index in [-0.39, 0.29) is 5.25 Å². The molecule has 1 saturated carbocycles. The molecule has 2 N–H and O–H groups in total. The van der Waals surface area contributed by atoms with Crippen molar-refractivity contribution in [1.29, 1.82) is 0 Å². The van der Waals surface area contributed by atoms with Crippen LogP contribution in [0, 0.1) is 11.8 Å². The van der Waals surface area contributed by atoms with Crippen LogP contribution < -0.4 is 5.14 Å². The van der Waals surface area contributed by atoms with Crippen LogP contribution in [0.5, 0.6) is 0 Å². The number of nitrogens with two attached hydrogens (primary N) is 1. The first-order valence-corrected chi connectivity index (χ1v) is 6.20. The van der Waals surface area contributed by atoms with Crippen molar-refractivity contribution in [2.45, 2.75) is 37.9 Å². The third-order valence-electron chi connectivity index (χ3n) is 2.98. The smallest absolute Gasteiger partial charge is 0.140 e. The molecular formula is C10H19NOS. The molecule has 0 heterocycles. The van der Waals surface area contributed by atoms with Crippen LogP contribution in [-0.2, 0) is 11.4 Å². The van der Waals surface area contributed by atoms with Crippen molar-refractivity contribution in [3.8, 4) is 0 Å². The van der Waals surface area contributed by atoms with Crippen LogP contribution in [0.2, 0.25) is 0 Å². The maximum Gasteiger partial charge on any atom is 0.140 e. The predicted octanol–water partition coefficient (Wildman–Crippen LogP) is 1.99. The first-order valence-electron chi connectivity index (χ1n) is 4.92. The Labute approximate surface area is 83.9 Å². The number of allylic oxidation sites excluding steroid dienone is 1. The van der Waals surface area contributed by atoms with Crippen LogP contribution in [0.3, 0.4) is 0 Å². The van der Waals surface area contributed by atoms with Crippen LogP contribution in [0.25, 0.3) is 0 Å². The van der Waals surface area contributed by atoms with Gasteiger partial charge >= 0.3 is 0 Å². The maximum atomic E-state index is 11.3. The molecule has 3 atom stereocenters. The third-order valence-corrected chi connectivity index (χ3v) is 4.37. The first-order chi connectivity index (χ1) is 6.16. The highest BCUT2D eigenvalue weighted by Crippen LogP contribution is 2.36. The van der Waals surface area contributed by atoms with Crippen LogP contribution in [0.1, 0.15) is 32.6 Å². The Balaban J connectivity index is 2.49. The van der Waals surface area contributed by atoms with Crippen LogP contribution >= 0.6 is 0 Å². The Bertz CT molecular complexity index is 168. The van der Waals surface area contributed by atoms with Crippen molar-refractivity contribution in [3.05, 3.63) is 12.7 Å². The molecule has 1 rings (SSSR count). The average Bonchev–Trinajstić information content (AvgIpc) is 1.95. The van der Waals surface area contributed by atoms with Gasteiger partial charge in [0.25, 0.3) is 0 Å². The van der Waals surface area contributed by atoms with Gasteiger partial charge in [-0.2, -0.15) is 5.14 Å². The number of hydrogen-bond donors (Lipinski definition) is 1. The maximum absolute atomic E-state index is 11.3. The molecule has 0 aliphatic heterocycles. The molecule has 1 fully saturated rings. The molecule has 2 nitrogen and oxygen atoms in total. The molecule has 2 unspecified atom stereocenters. The van der Waals surface area contributed by atoms with Crippen LogP contribution in [0.4, 0.5) is 0 Å².